The summed E-state index contributed by atoms with van der Waals surface area (Å²) in [7, 11) is 0. The molecule has 0 saturated carbocycles. The largest absolute Gasteiger partial charge is 0.358 e. The molecule has 2 aliphatic rings. The van der Waals surface area contributed by atoms with Gasteiger partial charge in [0.25, 0.3) is 0 Å². The van der Waals surface area contributed by atoms with Crippen LogP contribution in [0.5, 0.6) is 0 Å². The van der Waals surface area contributed by atoms with Crippen LogP contribution in [0.4, 0.5) is 8.78 Å². The van der Waals surface area contributed by atoms with E-state index in [0.29, 0.717) is 37.7 Å². The Bertz CT molecular complexity index is 1240. The van der Waals surface area contributed by atoms with Crippen molar-refractivity contribution in [3.05, 3.63) is 101 Å². The number of aromatic nitrogens is 4. The van der Waals surface area contributed by atoms with E-state index in [1.54, 1.807) is 6.08 Å². The van der Waals surface area contributed by atoms with E-state index in [0.717, 1.165) is 18.4 Å². The van der Waals surface area contributed by atoms with Gasteiger partial charge >= 0.3 is 0 Å². The molecule has 1 aromatic heterocycles. The molecule has 0 amide bonds. The van der Waals surface area contributed by atoms with Crippen LogP contribution >= 0.6 is 0 Å². The number of tetrazole rings is 1. The third-order valence-corrected chi connectivity index (χ3v) is 6.62. The van der Waals surface area contributed by atoms with Crippen LogP contribution in [0.25, 0.3) is 0 Å². The molecule has 0 saturated heterocycles. The Morgan fingerprint density at radius 3 is 2.69 bits per heavy atom. The fraction of sp³-hybridized carbons (Fsp3) is 0.419. The molecule has 0 radical (unpaired) electrons. The Balaban J connectivity index is 0.00000205. The highest BCUT2D eigenvalue weighted by atomic mass is 19.1. The first-order valence-electron chi connectivity index (χ1n) is 13.7. The average Bonchev–Trinajstić information content (AvgIpc) is 3.63. The highest BCUT2D eigenvalue weighted by molar-refractivity contribution is 6.02. The normalized spacial score (nSPS) is 19.9. The van der Waals surface area contributed by atoms with Crippen molar-refractivity contribution in [3.63, 3.8) is 0 Å². The lowest BCUT2D eigenvalue weighted by Crippen LogP contribution is -2.08. The van der Waals surface area contributed by atoms with Gasteiger partial charge in [-0.1, -0.05) is 75.9 Å². The summed E-state index contributed by atoms with van der Waals surface area (Å²) in [5.74, 6) is -0.0980. The maximum atomic E-state index is 14.2. The zero-order valence-corrected chi connectivity index (χ0v) is 23.4. The first-order valence-corrected chi connectivity index (χ1v) is 13.7. The second-order valence-electron chi connectivity index (χ2n) is 9.17. The van der Waals surface area contributed by atoms with Crippen LogP contribution in [0.15, 0.2) is 83.4 Å². The van der Waals surface area contributed by atoms with Gasteiger partial charge in [-0.25, -0.2) is 8.78 Å². The molecular weight excluding hydrogens is 496 g/mol. The topological polar surface area (TPSA) is 65.2 Å². The molecule has 8 heteroatoms. The lowest BCUT2D eigenvalue weighted by molar-refractivity contribution is 0.0677. The maximum absolute atomic E-state index is 14.2. The van der Waals surface area contributed by atoms with Crippen molar-refractivity contribution in [2.45, 2.75) is 72.1 Å². The van der Waals surface area contributed by atoms with Crippen LogP contribution in [0.2, 0.25) is 0 Å². The second kappa shape index (κ2) is 15.2. The number of benzene rings is 1. The molecule has 39 heavy (non-hydrogen) atoms. The molecule has 4 rings (SSSR count). The van der Waals surface area contributed by atoms with Crippen LogP contribution in [0.1, 0.15) is 70.7 Å². The van der Waals surface area contributed by atoms with Crippen molar-refractivity contribution in [2.75, 3.05) is 6.61 Å². The van der Waals surface area contributed by atoms with E-state index in [4.69, 9.17) is 4.74 Å². The molecular formula is C31H39F2N5O. The van der Waals surface area contributed by atoms with Crippen LogP contribution in [-0.4, -0.2) is 38.6 Å². The van der Waals surface area contributed by atoms with Gasteiger partial charge in [-0.05, 0) is 67.0 Å². The van der Waals surface area contributed by atoms with Crippen molar-refractivity contribution in [3.8, 4) is 0 Å². The van der Waals surface area contributed by atoms with Gasteiger partial charge in [0.1, 0.15) is 11.6 Å². The van der Waals surface area contributed by atoms with E-state index in [1.165, 1.54) is 28.6 Å². The lowest BCUT2D eigenvalue weighted by atomic mass is 9.89. The number of nitrogens with zero attached hydrogens (tertiary/aromatic N) is 5. The van der Waals surface area contributed by atoms with Crippen molar-refractivity contribution >= 4 is 5.71 Å². The summed E-state index contributed by atoms with van der Waals surface area (Å²) in [6.45, 7) is 12.8. The van der Waals surface area contributed by atoms with E-state index in [9.17, 15) is 8.78 Å². The smallest absolute Gasteiger partial charge is 0.182 e. The molecule has 3 atom stereocenters. The minimum absolute atomic E-state index is 0.00603. The SMILES string of the molecule is C=C/C=C(\C/C=C\C(C)C1=CCC(c2nnn(COCC)n2)C=C1)C1CCC(c2c(F)cccc2F)=N1.CC. The Labute approximate surface area is 230 Å². The number of halogens is 2. The monoisotopic (exact) mass is 535 g/mol. The maximum Gasteiger partial charge on any atom is 0.182 e. The second-order valence-corrected chi connectivity index (χ2v) is 9.17. The molecule has 0 N–H and O–H groups in total. The van der Waals surface area contributed by atoms with E-state index < -0.39 is 11.6 Å². The van der Waals surface area contributed by atoms with E-state index in [2.05, 4.69) is 64.3 Å². The molecule has 2 heterocycles. The van der Waals surface area contributed by atoms with Gasteiger partial charge in [-0.15, -0.1) is 15.0 Å². The van der Waals surface area contributed by atoms with Crippen molar-refractivity contribution in [1.29, 1.82) is 0 Å². The van der Waals surface area contributed by atoms with Crippen LogP contribution in [-0.2, 0) is 11.5 Å². The van der Waals surface area contributed by atoms with Crippen molar-refractivity contribution in [1.82, 2.24) is 20.2 Å². The minimum atomic E-state index is -0.565. The first-order chi connectivity index (χ1) is 19.0. The third kappa shape index (κ3) is 7.99. The lowest BCUT2D eigenvalue weighted by Gasteiger charge is -2.16. The molecule has 0 bridgehead atoms. The van der Waals surface area contributed by atoms with Gasteiger partial charge in [0, 0.05) is 18.2 Å². The molecule has 2 aromatic rings. The Kier molecular flexibility index (Phi) is 11.7. The zero-order chi connectivity index (χ0) is 28.2. The van der Waals surface area contributed by atoms with Crippen LogP contribution in [0.3, 0.4) is 0 Å². The highest BCUT2D eigenvalue weighted by Gasteiger charge is 2.25. The predicted molar refractivity (Wildman–Crippen MR) is 152 cm³/mol. The highest BCUT2D eigenvalue weighted by Crippen LogP contribution is 2.30. The number of hydrogen-bond donors (Lipinski definition) is 0. The summed E-state index contributed by atoms with van der Waals surface area (Å²) >= 11 is 0. The number of allylic oxidation sites excluding steroid dienone is 8. The summed E-state index contributed by atoms with van der Waals surface area (Å²) in [5.41, 5.74) is 2.81. The van der Waals surface area contributed by atoms with Gasteiger partial charge in [0.2, 0.25) is 0 Å². The van der Waals surface area contributed by atoms with E-state index in [1.807, 2.05) is 26.8 Å². The van der Waals surface area contributed by atoms with Gasteiger partial charge in [0.15, 0.2) is 12.6 Å². The standard InChI is InChI=1S/C29H33F2N5O.C2H6/c1-4-8-22(26-17-18-27(32-26)28-24(30)11-7-12-25(28)31)10-6-9-20(3)21-13-15-23(16-14-21)29-33-35-36(34-29)19-37-5-2;1-2/h4,6-9,11-15,20,23,26H,1,5,10,16-19H2,2-3H3;1-2H3/b9-6-,22-8+;. The third-order valence-electron chi connectivity index (χ3n) is 6.62. The Morgan fingerprint density at radius 2 is 2.03 bits per heavy atom. The average molecular weight is 536 g/mol. The molecule has 1 aromatic carbocycles. The molecule has 3 unspecified atom stereocenters. The molecule has 6 nitrogen and oxygen atoms in total. The van der Waals surface area contributed by atoms with E-state index in [-0.39, 0.29) is 23.4 Å². The van der Waals surface area contributed by atoms with Crippen LogP contribution < -0.4 is 0 Å². The van der Waals surface area contributed by atoms with Gasteiger partial charge < -0.3 is 4.74 Å². The van der Waals surface area contributed by atoms with Crippen LogP contribution in [0, 0.1) is 17.6 Å². The van der Waals surface area contributed by atoms with Gasteiger partial charge in [-0.3, -0.25) is 4.99 Å². The van der Waals surface area contributed by atoms with Gasteiger partial charge in [-0.2, -0.15) is 0 Å². The fourth-order valence-electron chi connectivity index (χ4n) is 4.61. The molecule has 208 valence electrons. The van der Waals surface area contributed by atoms with Crippen molar-refractivity contribution in [2.24, 2.45) is 10.9 Å². The molecule has 1 aliphatic carbocycles. The fourth-order valence-corrected chi connectivity index (χ4v) is 4.61. The molecule has 0 fully saturated rings. The van der Waals surface area contributed by atoms with Crippen molar-refractivity contribution < 1.29 is 13.5 Å². The quantitative estimate of drug-likeness (QED) is 0.224. The Morgan fingerprint density at radius 1 is 1.26 bits per heavy atom. The Hall–Kier alpha value is -3.52. The number of aliphatic imine (C=N–C) groups is 1. The summed E-state index contributed by atoms with van der Waals surface area (Å²) in [4.78, 5) is 6.15. The first kappa shape index (κ1) is 30.0. The number of rotatable bonds is 11. The summed E-state index contributed by atoms with van der Waals surface area (Å²) in [6.07, 6.45) is 17.3. The minimum Gasteiger partial charge on any atom is -0.358 e. The van der Waals surface area contributed by atoms with E-state index >= 15 is 0 Å². The summed E-state index contributed by atoms with van der Waals surface area (Å²) < 4.78 is 33.8. The number of hydrogen-bond acceptors (Lipinski definition) is 5. The number of ether oxygens (including phenoxy) is 1. The zero-order valence-electron chi connectivity index (χ0n) is 23.4. The summed E-state index contributed by atoms with van der Waals surface area (Å²) in [6, 6.07) is 3.82. The molecule has 0 spiro atoms. The van der Waals surface area contributed by atoms with Gasteiger partial charge in [0.05, 0.1) is 11.6 Å². The molecule has 1 aliphatic heterocycles. The summed E-state index contributed by atoms with van der Waals surface area (Å²) in [5, 5.41) is 12.6. The predicted octanol–water partition coefficient (Wildman–Crippen LogP) is 7.29.